The van der Waals surface area contributed by atoms with E-state index < -0.39 is 35.2 Å². The first-order valence-corrected chi connectivity index (χ1v) is 29.7. The molecule has 0 N–H and O–H groups in total. The number of rotatable bonds is 17. The van der Waals surface area contributed by atoms with Crippen molar-refractivity contribution in [1.82, 2.24) is 0 Å². The molecule has 14 heteroatoms. The van der Waals surface area contributed by atoms with Crippen LogP contribution in [0.5, 0.6) is 23.0 Å². The van der Waals surface area contributed by atoms with Crippen molar-refractivity contribution in [2.24, 2.45) is 20.0 Å². The Morgan fingerprint density at radius 2 is 0.488 bits per heavy atom. The Morgan fingerprint density at radius 1 is 0.279 bits per heavy atom. The van der Waals surface area contributed by atoms with Crippen LogP contribution in [0, 0.1) is 0 Å². The van der Waals surface area contributed by atoms with Crippen LogP contribution in [0.15, 0.2) is 297 Å². The summed E-state index contributed by atoms with van der Waals surface area (Å²) < 4.78 is 23.0. The summed E-state index contributed by atoms with van der Waals surface area (Å²) >= 11 is 3.04. The van der Waals surface area contributed by atoms with Crippen LogP contribution in [-0.2, 0) is 11.3 Å². The first-order chi connectivity index (χ1) is 42.1. The van der Waals surface area contributed by atoms with E-state index in [0.29, 0.717) is 101 Å². The van der Waals surface area contributed by atoms with E-state index in [1.165, 1.54) is 23.5 Å². The molecule has 0 spiro atoms. The van der Waals surface area contributed by atoms with Crippen LogP contribution in [0.2, 0.25) is 0 Å². The fourth-order valence-corrected chi connectivity index (χ4v) is 11.5. The molecule has 0 amide bonds. The van der Waals surface area contributed by atoms with Gasteiger partial charge in [0.05, 0.1) is 45.1 Å². The average Bonchev–Trinajstić information content (AvgIpc) is 1.74. The van der Waals surface area contributed by atoms with Gasteiger partial charge in [0, 0.05) is 43.2 Å². The zero-order valence-electron chi connectivity index (χ0n) is 46.3. The van der Waals surface area contributed by atoms with Crippen LogP contribution in [0.1, 0.15) is 74.8 Å². The van der Waals surface area contributed by atoms with Crippen molar-refractivity contribution in [2.75, 3.05) is 12.5 Å². The lowest BCUT2D eigenvalue weighted by Gasteiger charge is -2.39. The van der Waals surface area contributed by atoms with Crippen LogP contribution in [-0.4, -0.2) is 59.2 Å². The van der Waals surface area contributed by atoms with Gasteiger partial charge >= 0.3 is 23.9 Å². The average molecular weight is 1160 g/mol. The first-order valence-electron chi connectivity index (χ1n) is 27.3. The molecule has 10 aromatic rings. The number of aliphatic imine (C=N–C) groups is 4. The fourth-order valence-electron chi connectivity index (χ4n) is 10.2. The standard InChI is InChI=1S/C72H50N4O8S2/c1-85-61-29-17-15-27-59(61)71(73-63(47-31-39-51(40-32-47)67(77)81-55-19-7-3-8-20-55)64(74-71)48-33-41-52(42-34-48)68(78)82-56-21-9-4-10-22-56)72(60-28-16-18-30-62(60)86-2)75-65(49-35-43-53(44-36-49)69(79)83-57-23-11-5-12-24-57)66(76-72)50-37-45-54(46-38-50)70(80)84-58-25-13-6-14-26-58/h3-46H,1-2H3. The number of ether oxygens (including phenoxy) is 4. The summed E-state index contributed by atoms with van der Waals surface area (Å²) in [6, 6.07) is 79.3. The van der Waals surface area contributed by atoms with Crippen molar-refractivity contribution < 1.29 is 38.1 Å². The summed E-state index contributed by atoms with van der Waals surface area (Å²) in [4.78, 5) is 80.2. The molecule has 0 unspecified atom stereocenters. The van der Waals surface area contributed by atoms with Gasteiger partial charge < -0.3 is 18.9 Å². The Balaban J connectivity index is 1.09. The molecule has 12 nitrogen and oxygen atoms in total. The molecule has 86 heavy (non-hydrogen) atoms. The number of carbonyl (C=O) groups excluding carboxylic acids is 4. The Bertz CT molecular complexity index is 3790. The highest BCUT2D eigenvalue weighted by Gasteiger charge is 2.62. The van der Waals surface area contributed by atoms with Gasteiger partial charge in [-0.15, -0.1) is 23.5 Å². The van der Waals surface area contributed by atoms with E-state index in [1.54, 1.807) is 146 Å². The Hall–Kier alpha value is -10.5. The molecule has 0 aliphatic carbocycles. The third-order valence-electron chi connectivity index (χ3n) is 14.4. The van der Waals surface area contributed by atoms with Gasteiger partial charge in [0.2, 0.25) is 11.3 Å². The molecule has 2 aliphatic rings. The van der Waals surface area contributed by atoms with Gasteiger partial charge in [-0.1, -0.05) is 158 Å². The lowest BCUT2D eigenvalue weighted by Crippen LogP contribution is -2.43. The van der Waals surface area contributed by atoms with E-state index in [9.17, 15) is 19.2 Å². The quantitative estimate of drug-likeness (QED) is 0.0489. The smallest absolute Gasteiger partial charge is 0.343 e. The number of esters is 4. The van der Waals surface area contributed by atoms with Gasteiger partial charge in [-0.05, 0) is 122 Å². The van der Waals surface area contributed by atoms with E-state index in [4.69, 9.17) is 38.9 Å². The number of benzene rings is 10. The van der Waals surface area contributed by atoms with E-state index in [0.717, 1.165) is 9.79 Å². The number of hydrogen-bond donors (Lipinski definition) is 0. The van der Waals surface area contributed by atoms with Gasteiger partial charge in [0.1, 0.15) is 23.0 Å². The maximum atomic E-state index is 13.7. The monoisotopic (exact) mass is 1160 g/mol. The molecular formula is C72H50N4O8S2. The van der Waals surface area contributed by atoms with Crippen LogP contribution in [0.25, 0.3) is 0 Å². The SMILES string of the molecule is CSc1ccccc1C1(C2(c3ccccc3SC)N=C(c3ccc(C(=O)Oc4ccccc4)cc3)C(c3ccc(C(=O)Oc4ccccc4)cc3)=N2)N=C(c2ccc(C(=O)Oc3ccccc3)cc2)C(c2ccc(C(=O)Oc3ccccc3)cc2)=N1. The van der Waals surface area contributed by atoms with Crippen LogP contribution >= 0.6 is 23.5 Å². The minimum Gasteiger partial charge on any atom is -0.423 e. The maximum Gasteiger partial charge on any atom is 0.343 e. The van der Waals surface area contributed by atoms with Gasteiger partial charge in [0.15, 0.2) is 0 Å². The largest absolute Gasteiger partial charge is 0.423 e. The highest BCUT2D eigenvalue weighted by molar-refractivity contribution is 7.98. The summed E-state index contributed by atoms with van der Waals surface area (Å²) in [5.41, 5.74) is 3.15. The lowest BCUT2D eigenvalue weighted by molar-refractivity contribution is 0.0725. The van der Waals surface area contributed by atoms with Gasteiger partial charge in [-0.3, -0.25) is 0 Å². The molecule has 0 bridgehead atoms. The molecule has 2 heterocycles. The van der Waals surface area contributed by atoms with Crippen molar-refractivity contribution >= 4 is 70.2 Å². The molecule has 0 saturated carbocycles. The Morgan fingerprint density at radius 3 is 0.709 bits per heavy atom. The van der Waals surface area contributed by atoms with Crippen LogP contribution in [0.3, 0.4) is 0 Å². The molecule has 12 rings (SSSR count). The number of para-hydroxylation sites is 4. The van der Waals surface area contributed by atoms with Crippen molar-refractivity contribution in [3.05, 3.63) is 323 Å². The molecule has 0 radical (unpaired) electrons. The van der Waals surface area contributed by atoms with Gasteiger partial charge in [0.25, 0.3) is 0 Å². The van der Waals surface area contributed by atoms with Gasteiger partial charge in [-0.2, -0.15) is 0 Å². The van der Waals surface area contributed by atoms with Crippen LogP contribution in [0.4, 0.5) is 0 Å². The summed E-state index contributed by atoms with van der Waals surface area (Å²) in [6.45, 7) is 0. The molecule has 10 aromatic carbocycles. The number of thioether (sulfide) groups is 2. The highest BCUT2D eigenvalue weighted by atomic mass is 32.2. The Kier molecular flexibility index (Phi) is 16.1. The van der Waals surface area contributed by atoms with E-state index >= 15 is 0 Å². The second kappa shape index (κ2) is 24.7. The molecule has 0 aromatic heterocycles. The van der Waals surface area contributed by atoms with E-state index in [1.807, 2.05) is 134 Å². The predicted molar refractivity (Wildman–Crippen MR) is 337 cm³/mol. The highest BCUT2D eigenvalue weighted by Crippen LogP contribution is 2.57. The topological polar surface area (TPSA) is 155 Å². The lowest BCUT2D eigenvalue weighted by atomic mass is 9.82. The molecule has 418 valence electrons. The molecule has 0 atom stereocenters. The van der Waals surface area contributed by atoms with Crippen molar-refractivity contribution in [3.8, 4) is 23.0 Å². The zero-order chi connectivity index (χ0) is 59.0. The molecule has 0 fully saturated rings. The fraction of sp³-hybridized carbons (Fsp3) is 0.0556. The van der Waals surface area contributed by atoms with E-state index in [-0.39, 0.29) is 0 Å². The summed E-state index contributed by atoms with van der Waals surface area (Å²) in [6.07, 6.45) is 3.99. The normalized spacial score (nSPS) is 13.7. The zero-order valence-corrected chi connectivity index (χ0v) is 47.9. The third-order valence-corrected chi connectivity index (χ3v) is 16.0. The van der Waals surface area contributed by atoms with Crippen molar-refractivity contribution in [1.29, 1.82) is 0 Å². The summed E-state index contributed by atoms with van der Waals surface area (Å²) in [7, 11) is 0. The van der Waals surface area contributed by atoms with E-state index in [2.05, 4.69) is 0 Å². The second-order valence-corrected chi connectivity index (χ2v) is 21.4. The molecule has 2 aliphatic heterocycles. The summed E-state index contributed by atoms with van der Waals surface area (Å²) in [5.74, 6) is -0.572. The summed E-state index contributed by atoms with van der Waals surface area (Å²) in [5, 5.41) is 0. The van der Waals surface area contributed by atoms with Crippen LogP contribution < -0.4 is 18.9 Å². The number of hydrogen-bond acceptors (Lipinski definition) is 14. The predicted octanol–water partition coefficient (Wildman–Crippen LogP) is 15.0. The van der Waals surface area contributed by atoms with Gasteiger partial charge in [-0.25, -0.2) is 39.1 Å². The van der Waals surface area contributed by atoms with Crippen molar-refractivity contribution in [3.63, 3.8) is 0 Å². The van der Waals surface area contributed by atoms with Crippen molar-refractivity contribution in [2.45, 2.75) is 21.1 Å². The third kappa shape index (κ3) is 11.3. The number of carbonyl (C=O) groups is 4. The molecule has 0 saturated heterocycles. The second-order valence-electron chi connectivity index (χ2n) is 19.7. The maximum absolute atomic E-state index is 13.7. The minimum atomic E-state index is -1.79. The molecular weight excluding hydrogens is 1110 g/mol. The number of nitrogens with zero attached hydrogens (tertiary/aromatic N) is 4. The first kappa shape index (κ1) is 56.0. The minimum absolute atomic E-state index is 0.304. The Labute approximate surface area is 504 Å².